The first-order chi connectivity index (χ1) is 8.09. The van der Waals surface area contributed by atoms with Gasteiger partial charge in [-0.25, -0.2) is 0 Å². The zero-order chi connectivity index (χ0) is 12.2. The molecule has 0 saturated carbocycles. The summed E-state index contributed by atoms with van der Waals surface area (Å²) in [7, 11) is 0. The fourth-order valence-electron chi connectivity index (χ4n) is 2.43. The van der Waals surface area contributed by atoms with Crippen molar-refractivity contribution in [2.75, 3.05) is 6.54 Å². The molecule has 1 aliphatic heterocycles. The van der Waals surface area contributed by atoms with Crippen LogP contribution in [0.15, 0.2) is 22.7 Å². The predicted molar refractivity (Wildman–Crippen MR) is 71.4 cm³/mol. The summed E-state index contributed by atoms with van der Waals surface area (Å²) in [5, 5.41) is 4.02. The molecule has 3 rings (SSSR count). The molecule has 0 saturated heterocycles. The highest BCUT2D eigenvalue weighted by molar-refractivity contribution is 9.10. The van der Waals surface area contributed by atoms with E-state index in [1.807, 2.05) is 6.07 Å². The third kappa shape index (κ3) is 1.43. The van der Waals surface area contributed by atoms with Crippen LogP contribution < -0.4 is 5.32 Å². The van der Waals surface area contributed by atoms with Gasteiger partial charge in [-0.1, -0.05) is 12.1 Å². The van der Waals surface area contributed by atoms with Crippen LogP contribution in [0.1, 0.15) is 29.0 Å². The van der Waals surface area contributed by atoms with Crippen molar-refractivity contribution in [1.82, 2.24) is 9.88 Å². The third-order valence-electron chi connectivity index (χ3n) is 3.36. The van der Waals surface area contributed by atoms with Crippen molar-refractivity contribution < 1.29 is 4.79 Å². The second kappa shape index (κ2) is 3.60. The van der Waals surface area contributed by atoms with Gasteiger partial charge < -0.3 is 9.88 Å². The fraction of sp³-hybridized carbons (Fsp3) is 0.308. The van der Waals surface area contributed by atoms with Crippen molar-refractivity contribution in [2.45, 2.75) is 19.9 Å². The van der Waals surface area contributed by atoms with E-state index in [1.165, 1.54) is 5.56 Å². The fourth-order valence-corrected chi connectivity index (χ4v) is 2.99. The summed E-state index contributed by atoms with van der Waals surface area (Å²) in [6, 6.07) is 6.39. The first-order valence-electron chi connectivity index (χ1n) is 5.68. The van der Waals surface area contributed by atoms with Crippen molar-refractivity contribution in [1.29, 1.82) is 0 Å². The molecular weight excluding hydrogens is 280 g/mol. The smallest absolute Gasteiger partial charge is 0.268 e. The Labute approximate surface area is 108 Å². The maximum Gasteiger partial charge on any atom is 0.268 e. The van der Waals surface area contributed by atoms with E-state index in [9.17, 15) is 4.79 Å². The van der Waals surface area contributed by atoms with Crippen molar-refractivity contribution in [3.8, 4) is 0 Å². The highest BCUT2D eigenvalue weighted by Crippen LogP contribution is 2.33. The molecule has 0 radical (unpaired) electrons. The van der Waals surface area contributed by atoms with Crippen LogP contribution in [0.4, 0.5) is 0 Å². The second-order valence-corrected chi connectivity index (χ2v) is 5.39. The number of rotatable bonds is 0. The Morgan fingerprint density at radius 1 is 1.47 bits per heavy atom. The van der Waals surface area contributed by atoms with Gasteiger partial charge in [0.2, 0.25) is 0 Å². The summed E-state index contributed by atoms with van der Waals surface area (Å²) in [6.45, 7) is 4.88. The summed E-state index contributed by atoms with van der Waals surface area (Å²) in [5.74, 6) is 0.0175. The zero-order valence-corrected chi connectivity index (χ0v) is 11.3. The molecule has 0 spiro atoms. The number of aryl methyl sites for hydroxylation is 1. The van der Waals surface area contributed by atoms with Gasteiger partial charge >= 0.3 is 0 Å². The van der Waals surface area contributed by atoms with Gasteiger partial charge in [0.25, 0.3) is 5.91 Å². The molecule has 3 nitrogen and oxygen atoms in total. The number of aromatic nitrogens is 1. The number of benzene rings is 1. The number of amides is 1. The average Bonchev–Trinajstić information content (AvgIpc) is 2.70. The van der Waals surface area contributed by atoms with Crippen LogP contribution in [0.25, 0.3) is 10.9 Å². The molecule has 17 heavy (non-hydrogen) atoms. The van der Waals surface area contributed by atoms with Crippen LogP contribution in [0.2, 0.25) is 0 Å². The summed E-state index contributed by atoms with van der Waals surface area (Å²) in [4.78, 5) is 11.8. The molecule has 0 fully saturated rings. The minimum Gasteiger partial charge on any atom is -0.349 e. The van der Waals surface area contributed by atoms with Crippen LogP contribution in [0.5, 0.6) is 0 Å². The molecule has 1 aromatic heterocycles. The molecule has 0 aliphatic carbocycles. The second-order valence-electron chi connectivity index (χ2n) is 4.59. The van der Waals surface area contributed by atoms with E-state index in [2.05, 4.69) is 51.8 Å². The van der Waals surface area contributed by atoms with Crippen LogP contribution >= 0.6 is 15.9 Å². The molecule has 2 heterocycles. The molecule has 1 amide bonds. The molecule has 88 valence electrons. The number of nitrogens with zero attached hydrogens (tertiary/aromatic N) is 1. The van der Waals surface area contributed by atoms with Crippen LogP contribution in [0, 0.1) is 6.92 Å². The molecule has 0 bridgehead atoms. The van der Waals surface area contributed by atoms with Crippen molar-refractivity contribution in [3.05, 3.63) is 33.9 Å². The van der Waals surface area contributed by atoms with E-state index >= 15 is 0 Å². The van der Waals surface area contributed by atoms with E-state index < -0.39 is 0 Å². The van der Waals surface area contributed by atoms with E-state index in [1.54, 1.807) is 0 Å². The van der Waals surface area contributed by atoms with Gasteiger partial charge in [-0.15, -0.1) is 0 Å². The number of hydrogen-bond acceptors (Lipinski definition) is 1. The molecule has 1 aromatic carbocycles. The molecule has 2 aromatic rings. The third-order valence-corrected chi connectivity index (χ3v) is 4.37. The van der Waals surface area contributed by atoms with Gasteiger partial charge in [0.1, 0.15) is 5.69 Å². The van der Waals surface area contributed by atoms with Gasteiger partial charge in [0.15, 0.2) is 0 Å². The Balaban J connectivity index is 2.44. The minimum atomic E-state index is 0.0175. The van der Waals surface area contributed by atoms with Gasteiger partial charge in [0, 0.05) is 22.4 Å². The minimum absolute atomic E-state index is 0.0175. The predicted octanol–water partition coefficient (Wildman–Crippen LogP) is 3.02. The maximum absolute atomic E-state index is 11.8. The summed E-state index contributed by atoms with van der Waals surface area (Å²) >= 11 is 3.63. The van der Waals surface area contributed by atoms with Crippen LogP contribution in [-0.4, -0.2) is 17.0 Å². The lowest BCUT2D eigenvalue weighted by Crippen LogP contribution is -2.37. The number of carbonyl (C=O) groups is 1. The van der Waals surface area contributed by atoms with Gasteiger partial charge in [-0.3, -0.25) is 4.79 Å². The van der Waals surface area contributed by atoms with Crippen molar-refractivity contribution >= 4 is 32.7 Å². The van der Waals surface area contributed by atoms with E-state index in [-0.39, 0.29) is 5.91 Å². The number of carbonyl (C=O) groups excluding carboxylic acids is 1. The maximum atomic E-state index is 11.8. The van der Waals surface area contributed by atoms with Gasteiger partial charge in [0.05, 0.1) is 5.52 Å². The van der Waals surface area contributed by atoms with Gasteiger partial charge in [-0.2, -0.15) is 0 Å². The van der Waals surface area contributed by atoms with E-state index in [4.69, 9.17) is 0 Å². The van der Waals surface area contributed by atoms with Crippen molar-refractivity contribution in [3.63, 3.8) is 0 Å². The molecule has 1 unspecified atom stereocenters. The number of hydrogen-bond donors (Lipinski definition) is 1. The summed E-state index contributed by atoms with van der Waals surface area (Å²) in [5.41, 5.74) is 3.07. The number of fused-ring (bicyclic) bond motifs is 3. The Kier molecular flexibility index (Phi) is 2.30. The van der Waals surface area contributed by atoms with E-state index in [0.29, 0.717) is 12.6 Å². The molecule has 1 N–H and O–H groups in total. The summed E-state index contributed by atoms with van der Waals surface area (Å²) < 4.78 is 3.22. The van der Waals surface area contributed by atoms with Gasteiger partial charge in [-0.05, 0) is 41.4 Å². The molecular formula is C13H13BrN2O. The van der Waals surface area contributed by atoms with Crippen molar-refractivity contribution in [2.24, 2.45) is 0 Å². The Morgan fingerprint density at radius 3 is 3.00 bits per heavy atom. The SMILES string of the molecule is Cc1ccc2cc3n(c2c1Br)C(C)CNC3=O. The van der Waals surface area contributed by atoms with E-state index in [0.717, 1.165) is 21.1 Å². The Morgan fingerprint density at radius 2 is 2.24 bits per heavy atom. The zero-order valence-electron chi connectivity index (χ0n) is 9.75. The average molecular weight is 293 g/mol. The highest BCUT2D eigenvalue weighted by atomic mass is 79.9. The standard InChI is InChI=1S/C13H13BrN2O/c1-7-3-4-9-5-10-13(17)15-6-8(2)16(10)12(9)11(7)14/h3-5,8H,6H2,1-2H3,(H,15,17). The van der Waals surface area contributed by atoms with Crippen LogP contribution in [0.3, 0.4) is 0 Å². The summed E-state index contributed by atoms with van der Waals surface area (Å²) in [6.07, 6.45) is 0. The van der Waals surface area contributed by atoms with Crippen LogP contribution in [-0.2, 0) is 0 Å². The molecule has 1 aliphatic rings. The Hall–Kier alpha value is -1.29. The lowest BCUT2D eigenvalue weighted by molar-refractivity contribution is 0.0919. The number of halogens is 1. The highest BCUT2D eigenvalue weighted by Gasteiger charge is 2.25. The lowest BCUT2D eigenvalue weighted by atomic mass is 10.2. The quantitative estimate of drug-likeness (QED) is 0.796. The molecule has 4 heteroatoms. The monoisotopic (exact) mass is 292 g/mol. The molecule has 1 atom stereocenters. The number of nitrogens with one attached hydrogen (secondary N) is 1. The topological polar surface area (TPSA) is 34.0 Å². The lowest BCUT2D eigenvalue weighted by Gasteiger charge is -2.24. The first kappa shape index (κ1) is 10.8. The largest absolute Gasteiger partial charge is 0.349 e. The first-order valence-corrected chi connectivity index (χ1v) is 6.47. The Bertz CT molecular complexity index is 630. The normalized spacial score (nSPS) is 19.2.